The van der Waals surface area contributed by atoms with Gasteiger partial charge in [0.05, 0.1) is 12.5 Å². The van der Waals surface area contributed by atoms with E-state index in [9.17, 15) is 4.79 Å². The van der Waals surface area contributed by atoms with Gasteiger partial charge in [-0.15, -0.1) is 0 Å². The van der Waals surface area contributed by atoms with Crippen LogP contribution in [0.15, 0.2) is 96.1 Å². The Morgan fingerprint density at radius 2 is 1.42 bits per heavy atom. The molecule has 3 aromatic rings. The van der Waals surface area contributed by atoms with Crippen molar-refractivity contribution in [2.24, 2.45) is 5.10 Å². The van der Waals surface area contributed by atoms with E-state index >= 15 is 0 Å². The van der Waals surface area contributed by atoms with Gasteiger partial charge in [0, 0.05) is 11.6 Å². The van der Waals surface area contributed by atoms with Crippen molar-refractivity contribution in [3.8, 4) is 0 Å². The fraction of sp³-hybridized carbons (Fsp3) is 0.286. The maximum Gasteiger partial charge on any atom is 0.254 e. The van der Waals surface area contributed by atoms with Gasteiger partial charge in [-0.1, -0.05) is 111 Å². The van der Waals surface area contributed by atoms with Crippen LogP contribution in [0.5, 0.6) is 0 Å². The highest BCUT2D eigenvalue weighted by Crippen LogP contribution is 2.33. The first-order chi connectivity index (χ1) is 15.3. The molecule has 0 saturated carbocycles. The number of hydrazone groups is 1. The molecule has 0 radical (unpaired) electrons. The number of nitrogens with zero attached hydrogens (tertiary/aromatic N) is 2. The average molecular weight is 411 g/mol. The second-order valence-electron chi connectivity index (χ2n) is 8.19. The Labute approximate surface area is 185 Å². The van der Waals surface area contributed by atoms with Gasteiger partial charge in [-0.2, -0.15) is 5.10 Å². The van der Waals surface area contributed by atoms with Crippen molar-refractivity contribution in [1.82, 2.24) is 5.01 Å². The van der Waals surface area contributed by atoms with Crippen molar-refractivity contribution < 1.29 is 4.79 Å². The first-order valence-electron chi connectivity index (χ1n) is 11.3. The van der Waals surface area contributed by atoms with Crippen molar-refractivity contribution in [2.45, 2.75) is 44.4 Å². The number of carbonyl (C=O) groups excluding carboxylic acids is 1. The summed E-state index contributed by atoms with van der Waals surface area (Å²) in [5, 5.41) is 6.62. The minimum Gasteiger partial charge on any atom is -0.272 e. The van der Waals surface area contributed by atoms with Crippen LogP contribution in [0.25, 0.3) is 0 Å². The van der Waals surface area contributed by atoms with Gasteiger partial charge in [-0.25, -0.2) is 5.01 Å². The maximum absolute atomic E-state index is 13.8. The summed E-state index contributed by atoms with van der Waals surface area (Å²) in [4.78, 5) is 13.8. The zero-order valence-corrected chi connectivity index (χ0v) is 18.2. The number of carbonyl (C=O) groups is 1. The summed E-state index contributed by atoms with van der Waals surface area (Å²) in [5.74, 6) is -0.129. The van der Waals surface area contributed by atoms with Crippen LogP contribution in [0.1, 0.15) is 61.1 Å². The highest BCUT2D eigenvalue weighted by atomic mass is 16.2. The first kappa shape index (κ1) is 21.0. The summed E-state index contributed by atoms with van der Waals surface area (Å²) in [7, 11) is 0. The molecule has 1 amide bonds. The molecule has 0 saturated heterocycles. The van der Waals surface area contributed by atoms with E-state index in [1.54, 1.807) is 5.01 Å². The van der Waals surface area contributed by atoms with E-state index in [0.29, 0.717) is 6.54 Å². The molecule has 0 bridgehead atoms. The number of rotatable bonds is 8. The molecular formula is C28H30N2O. The lowest BCUT2D eigenvalue weighted by molar-refractivity contribution is -0.131. The van der Waals surface area contributed by atoms with Gasteiger partial charge < -0.3 is 0 Å². The zero-order chi connectivity index (χ0) is 21.5. The Bertz CT molecular complexity index is 959. The van der Waals surface area contributed by atoms with E-state index in [1.165, 1.54) is 18.4 Å². The molecule has 1 atom stereocenters. The molecule has 0 spiro atoms. The molecule has 158 valence electrons. The Balaban J connectivity index is 1.65. The molecule has 31 heavy (non-hydrogen) atoms. The average Bonchev–Trinajstić information content (AvgIpc) is 3.26. The third kappa shape index (κ3) is 4.93. The lowest BCUT2D eigenvalue weighted by atomic mass is 9.89. The maximum atomic E-state index is 13.8. The number of hydrogen-bond donors (Lipinski definition) is 0. The van der Waals surface area contributed by atoms with E-state index in [2.05, 4.69) is 31.2 Å². The smallest absolute Gasteiger partial charge is 0.254 e. The third-order valence-electron chi connectivity index (χ3n) is 6.01. The predicted molar refractivity (Wildman–Crippen MR) is 127 cm³/mol. The van der Waals surface area contributed by atoms with Gasteiger partial charge >= 0.3 is 0 Å². The largest absolute Gasteiger partial charge is 0.272 e. The molecule has 0 fully saturated rings. The van der Waals surface area contributed by atoms with Crippen molar-refractivity contribution in [1.29, 1.82) is 0 Å². The topological polar surface area (TPSA) is 32.7 Å². The van der Waals surface area contributed by atoms with Crippen LogP contribution in [0.3, 0.4) is 0 Å². The van der Waals surface area contributed by atoms with E-state index in [1.807, 2.05) is 66.7 Å². The molecule has 0 aromatic heterocycles. The van der Waals surface area contributed by atoms with E-state index in [4.69, 9.17) is 5.10 Å². The van der Waals surface area contributed by atoms with Gasteiger partial charge in [-0.05, 0) is 29.5 Å². The van der Waals surface area contributed by atoms with Crippen LogP contribution in [0, 0.1) is 0 Å². The van der Waals surface area contributed by atoms with Gasteiger partial charge in [0.25, 0.3) is 5.91 Å². The molecule has 3 heteroatoms. The summed E-state index contributed by atoms with van der Waals surface area (Å²) >= 11 is 0. The van der Waals surface area contributed by atoms with Crippen LogP contribution in [-0.2, 0) is 4.79 Å². The Morgan fingerprint density at radius 1 is 0.871 bits per heavy atom. The van der Waals surface area contributed by atoms with Crippen molar-refractivity contribution >= 4 is 11.6 Å². The monoisotopic (exact) mass is 410 g/mol. The number of benzene rings is 3. The molecule has 0 aliphatic carbocycles. The summed E-state index contributed by atoms with van der Waals surface area (Å²) in [6.07, 6.45) is 4.42. The molecular weight excluding hydrogens is 380 g/mol. The quantitative estimate of drug-likeness (QED) is 0.397. The number of hydrogen-bond acceptors (Lipinski definition) is 2. The molecule has 3 nitrogen and oxygen atoms in total. The van der Waals surface area contributed by atoms with Crippen LogP contribution >= 0.6 is 0 Å². The SMILES string of the molecule is CCCCCC1=NN(C(=O)C(c2ccccc2)c2ccccc2)CC1c1ccccc1. The Kier molecular flexibility index (Phi) is 6.93. The van der Waals surface area contributed by atoms with Gasteiger partial charge in [-0.3, -0.25) is 4.79 Å². The molecule has 3 aromatic carbocycles. The minimum atomic E-state index is -0.349. The summed E-state index contributed by atoms with van der Waals surface area (Å²) in [6, 6.07) is 30.6. The summed E-state index contributed by atoms with van der Waals surface area (Å²) < 4.78 is 0. The number of unbranched alkanes of at least 4 members (excludes halogenated alkanes) is 2. The Morgan fingerprint density at radius 3 is 1.97 bits per heavy atom. The third-order valence-corrected chi connectivity index (χ3v) is 6.01. The molecule has 1 aliphatic rings. The van der Waals surface area contributed by atoms with Gasteiger partial charge in [0.2, 0.25) is 0 Å². The van der Waals surface area contributed by atoms with Crippen LogP contribution in [-0.4, -0.2) is 23.2 Å². The first-order valence-corrected chi connectivity index (χ1v) is 11.3. The van der Waals surface area contributed by atoms with E-state index in [-0.39, 0.29) is 17.7 Å². The minimum absolute atomic E-state index is 0.0452. The van der Waals surface area contributed by atoms with E-state index < -0.39 is 0 Å². The zero-order valence-electron chi connectivity index (χ0n) is 18.2. The molecule has 0 N–H and O–H groups in total. The van der Waals surface area contributed by atoms with Crippen molar-refractivity contribution in [3.63, 3.8) is 0 Å². The second kappa shape index (κ2) is 10.2. The fourth-order valence-corrected chi connectivity index (χ4v) is 4.36. The fourth-order valence-electron chi connectivity index (χ4n) is 4.36. The standard InChI is InChI=1S/C28H30N2O/c1-2-3-7-20-26-25(22-14-8-4-9-15-22)21-30(29-26)28(31)27(23-16-10-5-11-17-23)24-18-12-6-13-19-24/h4-6,8-19,25,27H,2-3,7,20-21H2,1H3. The lowest BCUT2D eigenvalue weighted by Gasteiger charge is -2.22. The van der Waals surface area contributed by atoms with Crippen molar-refractivity contribution in [3.05, 3.63) is 108 Å². The predicted octanol–water partition coefficient (Wildman–Crippen LogP) is 6.38. The molecule has 4 rings (SSSR count). The van der Waals surface area contributed by atoms with Crippen molar-refractivity contribution in [2.75, 3.05) is 6.54 Å². The summed E-state index contributed by atoms with van der Waals surface area (Å²) in [6.45, 7) is 2.83. The molecule has 1 aliphatic heterocycles. The van der Waals surface area contributed by atoms with Crippen LogP contribution in [0.2, 0.25) is 0 Å². The number of amides is 1. The van der Waals surface area contributed by atoms with Gasteiger partial charge in [0.15, 0.2) is 0 Å². The normalized spacial score (nSPS) is 15.9. The highest BCUT2D eigenvalue weighted by molar-refractivity contribution is 5.96. The molecule has 1 heterocycles. The lowest BCUT2D eigenvalue weighted by Crippen LogP contribution is -2.31. The van der Waals surface area contributed by atoms with Crippen LogP contribution in [0.4, 0.5) is 0 Å². The summed E-state index contributed by atoms with van der Waals surface area (Å²) in [5.41, 5.74) is 4.38. The highest BCUT2D eigenvalue weighted by Gasteiger charge is 2.35. The second-order valence-corrected chi connectivity index (χ2v) is 8.19. The van der Waals surface area contributed by atoms with E-state index in [0.717, 1.165) is 29.7 Å². The van der Waals surface area contributed by atoms with Crippen LogP contribution < -0.4 is 0 Å². The van der Waals surface area contributed by atoms with Gasteiger partial charge in [0.1, 0.15) is 0 Å². The molecule has 1 unspecified atom stereocenters. The Hall–Kier alpha value is -3.20.